The minimum Gasteiger partial charge on any atom is -0.382 e. The number of aromatic nitrogens is 1. The summed E-state index contributed by atoms with van der Waals surface area (Å²) in [6, 6.07) is 5.73. The Morgan fingerprint density at radius 3 is 3.16 bits per heavy atom. The van der Waals surface area contributed by atoms with Crippen LogP contribution in [0.5, 0.6) is 0 Å². The number of hydrogen-bond acceptors (Lipinski definition) is 4. The van der Waals surface area contributed by atoms with Crippen LogP contribution < -0.4 is 5.32 Å². The fourth-order valence-corrected chi connectivity index (χ4v) is 3.00. The van der Waals surface area contributed by atoms with Gasteiger partial charge in [-0.3, -0.25) is 4.79 Å². The number of amides is 1. The molecule has 0 fully saturated rings. The van der Waals surface area contributed by atoms with Crippen LogP contribution in [-0.4, -0.2) is 30.8 Å². The Bertz CT molecular complexity index is 590. The molecule has 1 amide bonds. The van der Waals surface area contributed by atoms with Gasteiger partial charge in [0.1, 0.15) is 5.00 Å². The topological polar surface area (TPSA) is 52.5 Å². The predicted octanol–water partition coefficient (Wildman–Crippen LogP) is 1.94. The molecule has 1 atom stereocenters. The molecule has 0 spiro atoms. The number of ether oxygens (including phenoxy) is 2. The van der Waals surface area contributed by atoms with E-state index in [4.69, 9.17) is 9.47 Å². The summed E-state index contributed by atoms with van der Waals surface area (Å²) in [7, 11) is 1.62. The number of carbonyl (C=O) groups is 1. The smallest absolute Gasteiger partial charge is 0.256 e. The summed E-state index contributed by atoms with van der Waals surface area (Å²) in [6.07, 6.45) is 1.50. The maximum atomic E-state index is 12.1. The highest BCUT2D eigenvalue weighted by Gasteiger charge is 2.27. The van der Waals surface area contributed by atoms with Crippen LogP contribution in [0.4, 0.5) is 0 Å². The second kappa shape index (κ2) is 5.16. The minimum absolute atomic E-state index is 0.109. The molecule has 0 radical (unpaired) electrons. The molecule has 0 bridgehead atoms. The Kier molecular flexibility index (Phi) is 3.37. The Balaban J connectivity index is 1.94. The second-order valence-electron chi connectivity index (χ2n) is 4.16. The molecule has 5 nitrogen and oxygen atoms in total. The summed E-state index contributed by atoms with van der Waals surface area (Å²) in [5.74, 6) is -0.109. The van der Waals surface area contributed by atoms with Crippen molar-refractivity contribution in [1.82, 2.24) is 9.88 Å². The van der Waals surface area contributed by atoms with Gasteiger partial charge in [0.15, 0.2) is 6.23 Å². The van der Waals surface area contributed by atoms with Crippen molar-refractivity contribution >= 4 is 17.2 Å². The summed E-state index contributed by atoms with van der Waals surface area (Å²) in [4.78, 5) is 12.1. The van der Waals surface area contributed by atoms with E-state index in [1.165, 1.54) is 0 Å². The van der Waals surface area contributed by atoms with Crippen molar-refractivity contribution in [2.24, 2.45) is 0 Å². The van der Waals surface area contributed by atoms with Crippen LogP contribution in [0.2, 0.25) is 0 Å². The standard InChI is InChI=1S/C13H14N2O3S/c1-17-6-7-18-12-10-3-2-5-15(10)13-9(4-8-19-13)11(16)14-12/h2-5,8,12H,6-7H2,1H3,(H,14,16). The zero-order valence-electron chi connectivity index (χ0n) is 10.5. The first-order chi connectivity index (χ1) is 9.31. The van der Waals surface area contributed by atoms with Gasteiger partial charge in [0.2, 0.25) is 0 Å². The minimum atomic E-state index is -0.447. The Morgan fingerprint density at radius 2 is 2.32 bits per heavy atom. The quantitative estimate of drug-likeness (QED) is 0.870. The van der Waals surface area contributed by atoms with Gasteiger partial charge in [-0.15, -0.1) is 11.3 Å². The molecule has 0 aromatic carbocycles. The maximum Gasteiger partial charge on any atom is 0.256 e. The Labute approximate surface area is 114 Å². The van der Waals surface area contributed by atoms with E-state index in [0.29, 0.717) is 18.8 Å². The molecule has 1 aliphatic heterocycles. The number of carbonyl (C=O) groups excluding carboxylic acids is 1. The van der Waals surface area contributed by atoms with Crippen molar-refractivity contribution in [2.75, 3.05) is 20.3 Å². The molecule has 1 aliphatic rings. The van der Waals surface area contributed by atoms with Gasteiger partial charge in [-0.2, -0.15) is 0 Å². The second-order valence-corrected chi connectivity index (χ2v) is 5.05. The third-order valence-corrected chi connectivity index (χ3v) is 3.90. The molecular weight excluding hydrogens is 264 g/mol. The summed E-state index contributed by atoms with van der Waals surface area (Å²) < 4.78 is 12.6. The first kappa shape index (κ1) is 12.4. The van der Waals surface area contributed by atoms with Crippen molar-refractivity contribution in [3.05, 3.63) is 41.0 Å². The monoisotopic (exact) mass is 278 g/mol. The van der Waals surface area contributed by atoms with E-state index in [0.717, 1.165) is 10.7 Å². The van der Waals surface area contributed by atoms with Crippen molar-refractivity contribution in [3.63, 3.8) is 0 Å². The zero-order valence-corrected chi connectivity index (χ0v) is 11.3. The normalized spacial score (nSPS) is 17.5. The molecule has 1 N–H and O–H groups in total. The average Bonchev–Trinajstić information content (AvgIpc) is 3.04. The van der Waals surface area contributed by atoms with Crippen molar-refractivity contribution in [2.45, 2.75) is 6.23 Å². The third kappa shape index (κ3) is 2.18. The van der Waals surface area contributed by atoms with Crippen molar-refractivity contribution < 1.29 is 14.3 Å². The van der Waals surface area contributed by atoms with E-state index in [9.17, 15) is 4.79 Å². The molecule has 100 valence electrons. The number of nitrogens with zero attached hydrogens (tertiary/aromatic N) is 1. The molecule has 6 heteroatoms. The number of methoxy groups -OCH3 is 1. The van der Waals surface area contributed by atoms with Crippen LogP contribution in [0.15, 0.2) is 29.8 Å². The first-order valence-electron chi connectivity index (χ1n) is 5.98. The SMILES string of the molecule is COCCOC1NC(=O)c2ccsc2-n2cccc21. The lowest BCUT2D eigenvalue weighted by Gasteiger charge is -2.17. The van der Waals surface area contributed by atoms with Crippen LogP contribution in [0.3, 0.4) is 0 Å². The molecule has 0 aliphatic carbocycles. The summed E-state index contributed by atoms with van der Waals surface area (Å²) in [5, 5.41) is 5.73. The van der Waals surface area contributed by atoms with Crippen LogP contribution in [0.25, 0.3) is 5.00 Å². The van der Waals surface area contributed by atoms with E-state index in [-0.39, 0.29) is 5.91 Å². The molecule has 0 saturated heterocycles. The van der Waals surface area contributed by atoms with E-state index in [1.54, 1.807) is 18.4 Å². The van der Waals surface area contributed by atoms with Gasteiger partial charge in [-0.05, 0) is 23.6 Å². The van der Waals surface area contributed by atoms with Crippen LogP contribution >= 0.6 is 11.3 Å². The molecule has 19 heavy (non-hydrogen) atoms. The third-order valence-electron chi connectivity index (χ3n) is 2.99. The van der Waals surface area contributed by atoms with Gasteiger partial charge in [0.25, 0.3) is 5.91 Å². The summed E-state index contributed by atoms with van der Waals surface area (Å²) in [5.41, 5.74) is 1.60. The predicted molar refractivity (Wildman–Crippen MR) is 71.7 cm³/mol. The number of nitrogens with one attached hydrogen (secondary N) is 1. The molecule has 2 aromatic heterocycles. The lowest BCUT2D eigenvalue weighted by atomic mass is 10.3. The highest BCUT2D eigenvalue weighted by Crippen LogP contribution is 2.30. The molecule has 2 aromatic rings. The fourth-order valence-electron chi connectivity index (χ4n) is 2.10. The van der Waals surface area contributed by atoms with E-state index >= 15 is 0 Å². The van der Waals surface area contributed by atoms with Gasteiger partial charge >= 0.3 is 0 Å². The van der Waals surface area contributed by atoms with E-state index in [2.05, 4.69) is 5.32 Å². The lowest BCUT2D eigenvalue weighted by molar-refractivity contribution is -0.00165. The highest BCUT2D eigenvalue weighted by atomic mass is 32.1. The number of thiophene rings is 1. The molecule has 1 unspecified atom stereocenters. The van der Waals surface area contributed by atoms with Gasteiger partial charge in [-0.1, -0.05) is 0 Å². The maximum absolute atomic E-state index is 12.1. The number of rotatable bonds is 4. The van der Waals surface area contributed by atoms with Crippen LogP contribution in [0, 0.1) is 0 Å². The van der Waals surface area contributed by atoms with Crippen molar-refractivity contribution in [1.29, 1.82) is 0 Å². The highest BCUT2D eigenvalue weighted by molar-refractivity contribution is 7.13. The first-order valence-corrected chi connectivity index (χ1v) is 6.86. The Hall–Kier alpha value is -1.63. The Morgan fingerprint density at radius 1 is 1.42 bits per heavy atom. The molecule has 3 heterocycles. The van der Waals surface area contributed by atoms with Crippen molar-refractivity contribution in [3.8, 4) is 5.00 Å². The van der Waals surface area contributed by atoms with Crippen LogP contribution in [-0.2, 0) is 9.47 Å². The summed E-state index contributed by atoms with van der Waals surface area (Å²) in [6.45, 7) is 0.926. The number of hydrogen-bond donors (Lipinski definition) is 1. The van der Waals surface area contributed by atoms with Gasteiger partial charge in [-0.25, -0.2) is 0 Å². The molecular formula is C13H14N2O3S. The largest absolute Gasteiger partial charge is 0.382 e. The fraction of sp³-hybridized carbons (Fsp3) is 0.308. The van der Waals surface area contributed by atoms with E-state index < -0.39 is 6.23 Å². The van der Waals surface area contributed by atoms with Crippen LogP contribution in [0.1, 0.15) is 22.3 Å². The molecule has 3 rings (SSSR count). The zero-order chi connectivity index (χ0) is 13.2. The van der Waals surface area contributed by atoms with E-state index in [1.807, 2.05) is 34.3 Å². The molecule has 0 saturated carbocycles. The van der Waals surface area contributed by atoms with Gasteiger partial charge in [0, 0.05) is 13.3 Å². The average molecular weight is 278 g/mol. The lowest BCUT2D eigenvalue weighted by Crippen LogP contribution is -2.30. The summed E-state index contributed by atoms with van der Waals surface area (Å²) >= 11 is 1.54. The number of fused-ring (bicyclic) bond motifs is 3. The van der Waals surface area contributed by atoms with Gasteiger partial charge in [0.05, 0.1) is 24.5 Å². The van der Waals surface area contributed by atoms with Gasteiger partial charge < -0.3 is 19.4 Å².